The molecule has 182 valence electrons. The largest absolute Gasteiger partial charge is 0.493 e. The van der Waals surface area contributed by atoms with Crippen molar-refractivity contribution in [1.82, 2.24) is 4.90 Å². The van der Waals surface area contributed by atoms with Gasteiger partial charge in [-0.2, -0.15) is 0 Å². The predicted molar refractivity (Wildman–Crippen MR) is 125 cm³/mol. The van der Waals surface area contributed by atoms with Gasteiger partial charge in [0.25, 0.3) is 5.91 Å². The Bertz CT molecular complexity index is 1260. The number of halogens is 2. The van der Waals surface area contributed by atoms with Gasteiger partial charge in [-0.1, -0.05) is 30.3 Å². The van der Waals surface area contributed by atoms with E-state index in [-0.39, 0.29) is 17.9 Å². The third-order valence-electron chi connectivity index (χ3n) is 5.93. The first-order valence-corrected chi connectivity index (χ1v) is 11.1. The summed E-state index contributed by atoms with van der Waals surface area (Å²) in [6, 6.07) is 15.2. The van der Waals surface area contributed by atoms with Crippen LogP contribution in [0.15, 0.2) is 60.7 Å². The van der Waals surface area contributed by atoms with Crippen LogP contribution in [0.2, 0.25) is 0 Å². The maximum absolute atomic E-state index is 14.3. The number of ether oxygens (including phenoxy) is 2. The fraction of sp³-hybridized carbons (Fsp3) is 0.259. The van der Waals surface area contributed by atoms with Crippen LogP contribution in [0.1, 0.15) is 34.0 Å². The van der Waals surface area contributed by atoms with Gasteiger partial charge in [0.05, 0.1) is 7.11 Å². The van der Waals surface area contributed by atoms with Gasteiger partial charge < -0.3 is 19.5 Å². The number of fused-ring (bicyclic) bond motifs is 1. The molecule has 0 saturated carbocycles. The van der Waals surface area contributed by atoms with E-state index in [1.807, 2.05) is 6.92 Å². The van der Waals surface area contributed by atoms with Crippen LogP contribution in [-0.4, -0.2) is 41.1 Å². The molecule has 0 spiro atoms. The molecular weight excluding hydrogens is 456 g/mol. The summed E-state index contributed by atoms with van der Waals surface area (Å²) in [6.45, 7) is 1.33. The second-order valence-corrected chi connectivity index (χ2v) is 8.85. The molecule has 1 heterocycles. The molecule has 6 nitrogen and oxygen atoms in total. The maximum Gasteiger partial charge on any atom is 0.323 e. The molecule has 35 heavy (non-hydrogen) atoms. The highest BCUT2D eigenvalue weighted by molar-refractivity contribution is 5.97. The Kier molecular flexibility index (Phi) is 6.73. The zero-order chi connectivity index (χ0) is 25.2. The molecule has 3 aromatic carbocycles. The summed E-state index contributed by atoms with van der Waals surface area (Å²) in [4.78, 5) is 26.0. The maximum atomic E-state index is 14.3. The Hall–Kier alpha value is -3.94. The zero-order valence-corrected chi connectivity index (χ0v) is 19.4. The van der Waals surface area contributed by atoms with Crippen molar-refractivity contribution >= 4 is 11.9 Å². The van der Waals surface area contributed by atoms with E-state index in [2.05, 4.69) is 0 Å². The molecule has 1 amide bonds. The number of rotatable bonds is 8. The van der Waals surface area contributed by atoms with E-state index in [1.165, 1.54) is 48.4 Å². The van der Waals surface area contributed by atoms with Crippen molar-refractivity contribution in [3.63, 3.8) is 0 Å². The van der Waals surface area contributed by atoms with Crippen LogP contribution in [0.4, 0.5) is 8.78 Å². The van der Waals surface area contributed by atoms with E-state index in [0.29, 0.717) is 41.0 Å². The van der Waals surface area contributed by atoms with Gasteiger partial charge in [-0.3, -0.25) is 9.59 Å². The lowest BCUT2D eigenvalue weighted by molar-refractivity contribution is -0.137. The Morgan fingerprint density at radius 3 is 2.49 bits per heavy atom. The zero-order valence-electron chi connectivity index (χ0n) is 19.4. The minimum Gasteiger partial charge on any atom is -0.493 e. The minimum atomic E-state index is -1.17. The average Bonchev–Trinajstić information content (AvgIpc) is 3.16. The lowest BCUT2D eigenvalue weighted by Gasteiger charge is -2.24. The third kappa shape index (κ3) is 5.42. The van der Waals surface area contributed by atoms with Gasteiger partial charge in [0.1, 0.15) is 23.8 Å². The fourth-order valence-corrected chi connectivity index (χ4v) is 4.37. The van der Waals surface area contributed by atoms with Crippen LogP contribution >= 0.6 is 0 Å². The molecule has 8 heteroatoms. The topological polar surface area (TPSA) is 76.1 Å². The Labute approximate surface area is 201 Å². The van der Waals surface area contributed by atoms with Crippen LogP contribution < -0.4 is 9.47 Å². The quantitative estimate of drug-likeness (QED) is 0.508. The molecule has 0 bridgehead atoms. The van der Waals surface area contributed by atoms with Crippen LogP contribution in [0.25, 0.3) is 0 Å². The second kappa shape index (κ2) is 9.74. The molecule has 0 aromatic heterocycles. The van der Waals surface area contributed by atoms with Crippen LogP contribution in [0.3, 0.4) is 0 Å². The Balaban J connectivity index is 1.62. The fourth-order valence-electron chi connectivity index (χ4n) is 4.37. The smallest absolute Gasteiger partial charge is 0.323 e. The van der Waals surface area contributed by atoms with Gasteiger partial charge in [-0.15, -0.1) is 0 Å². The molecule has 1 aliphatic heterocycles. The summed E-state index contributed by atoms with van der Waals surface area (Å²) in [5.41, 5.74) is 1.31. The number of methoxy groups -OCH3 is 1. The lowest BCUT2D eigenvalue weighted by Crippen LogP contribution is -2.35. The van der Waals surface area contributed by atoms with E-state index >= 15 is 0 Å². The number of hydrogen-bond acceptors (Lipinski definition) is 4. The minimum absolute atomic E-state index is 0.00763. The van der Waals surface area contributed by atoms with Crippen LogP contribution in [0.5, 0.6) is 11.5 Å². The number of amides is 1. The first-order valence-electron chi connectivity index (χ1n) is 11.1. The van der Waals surface area contributed by atoms with E-state index in [1.54, 1.807) is 24.3 Å². The van der Waals surface area contributed by atoms with Crippen molar-refractivity contribution in [3.8, 4) is 11.5 Å². The normalized spacial score (nSPS) is 16.3. The molecule has 0 saturated heterocycles. The van der Waals surface area contributed by atoms with Crippen LogP contribution in [-0.2, 0) is 24.2 Å². The highest BCUT2D eigenvalue weighted by atomic mass is 19.1. The number of carbonyl (C=O) groups excluding carboxylic acids is 1. The SMILES string of the molecule is COc1cc(C(=O)N(CC(=O)O)Cc2ccc(F)cc2)cc2c1OC(C)(Cc1ccccc1F)C2. The molecule has 1 unspecified atom stereocenters. The first kappa shape index (κ1) is 24.2. The van der Waals surface area contributed by atoms with Crippen molar-refractivity contribution in [3.05, 3.63) is 94.6 Å². The van der Waals surface area contributed by atoms with Crippen molar-refractivity contribution in [2.24, 2.45) is 0 Å². The third-order valence-corrected chi connectivity index (χ3v) is 5.93. The Morgan fingerprint density at radius 2 is 1.83 bits per heavy atom. The highest BCUT2D eigenvalue weighted by Gasteiger charge is 2.38. The molecule has 3 aromatic rings. The molecule has 1 atom stereocenters. The van der Waals surface area contributed by atoms with Gasteiger partial charge in [0.15, 0.2) is 11.5 Å². The summed E-state index contributed by atoms with van der Waals surface area (Å²) in [7, 11) is 1.45. The van der Waals surface area contributed by atoms with E-state index < -0.39 is 29.8 Å². The predicted octanol–water partition coefficient (Wildman–Crippen LogP) is 4.64. The average molecular weight is 481 g/mol. The summed E-state index contributed by atoms with van der Waals surface area (Å²) in [5, 5.41) is 9.36. The van der Waals surface area contributed by atoms with Crippen molar-refractivity contribution in [1.29, 1.82) is 0 Å². The molecule has 0 fully saturated rings. The van der Waals surface area contributed by atoms with E-state index in [9.17, 15) is 23.5 Å². The van der Waals surface area contributed by atoms with Crippen LogP contribution in [0, 0.1) is 11.6 Å². The van der Waals surface area contributed by atoms with Crippen molar-refractivity contribution < 1.29 is 33.0 Å². The van der Waals surface area contributed by atoms with Crippen molar-refractivity contribution in [2.75, 3.05) is 13.7 Å². The number of benzene rings is 3. The Morgan fingerprint density at radius 1 is 1.11 bits per heavy atom. The van der Waals surface area contributed by atoms with Gasteiger partial charge >= 0.3 is 5.97 Å². The summed E-state index contributed by atoms with van der Waals surface area (Å²) in [5.74, 6) is -1.62. The van der Waals surface area contributed by atoms with Gasteiger partial charge in [-0.05, 0) is 48.4 Å². The van der Waals surface area contributed by atoms with Crippen molar-refractivity contribution in [2.45, 2.75) is 31.9 Å². The van der Waals surface area contributed by atoms with E-state index in [4.69, 9.17) is 9.47 Å². The molecule has 1 N–H and O–H groups in total. The highest BCUT2D eigenvalue weighted by Crippen LogP contribution is 2.44. The standard InChI is InChI=1S/C27H25F2NO5/c1-27(13-18-5-3-4-6-22(18)29)14-20-11-19(12-23(34-2)25(20)35-27)26(33)30(16-24(31)32)15-17-7-9-21(28)10-8-17/h3-12H,13-16H2,1-2H3,(H,31,32). The molecule has 4 rings (SSSR count). The summed E-state index contributed by atoms with van der Waals surface area (Å²) < 4.78 is 39.2. The van der Waals surface area contributed by atoms with E-state index in [0.717, 1.165) is 0 Å². The molecule has 0 aliphatic carbocycles. The second-order valence-electron chi connectivity index (χ2n) is 8.85. The molecular formula is C27H25F2NO5. The summed E-state index contributed by atoms with van der Waals surface area (Å²) in [6.07, 6.45) is 0.724. The number of carboxylic acids is 1. The van der Waals surface area contributed by atoms with Gasteiger partial charge in [0, 0.05) is 30.5 Å². The number of nitrogens with zero attached hydrogens (tertiary/aromatic N) is 1. The number of carboxylic acid groups (broad SMARTS) is 1. The van der Waals surface area contributed by atoms with Gasteiger partial charge in [-0.25, -0.2) is 8.78 Å². The number of hydrogen-bond donors (Lipinski definition) is 1. The number of carbonyl (C=O) groups is 2. The first-order chi connectivity index (χ1) is 16.7. The summed E-state index contributed by atoms with van der Waals surface area (Å²) >= 11 is 0. The number of aliphatic carboxylic acids is 1. The molecule has 1 aliphatic rings. The lowest BCUT2D eigenvalue weighted by atomic mass is 9.91. The van der Waals surface area contributed by atoms with Gasteiger partial charge in [0.2, 0.25) is 0 Å². The molecule has 0 radical (unpaired) electrons. The monoisotopic (exact) mass is 481 g/mol.